The van der Waals surface area contributed by atoms with Crippen LogP contribution in [0.1, 0.15) is 5.82 Å². The highest BCUT2D eigenvalue weighted by Gasteiger charge is 2.25. The molecule has 7 heteroatoms. The highest BCUT2D eigenvalue weighted by molar-refractivity contribution is 5.41. The van der Waals surface area contributed by atoms with Crippen molar-refractivity contribution in [1.82, 2.24) is 9.55 Å². The van der Waals surface area contributed by atoms with Crippen molar-refractivity contribution >= 4 is 5.82 Å². The Morgan fingerprint density at radius 3 is 2.83 bits per heavy atom. The summed E-state index contributed by atoms with van der Waals surface area (Å²) in [4.78, 5) is 14.0. The number of aromatic nitrogens is 2. The van der Waals surface area contributed by atoms with Crippen LogP contribution in [0.25, 0.3) is 0 Å². The molecular weight excluding hydrogens is 238 g/mol. The Labute approximate surface area is 102 Å². The largest absolute Gasteiger partial charge is 0.508 e. The Kier molecular flexibility index (Phi) is 2.88. The van der Waals surface area contributed by atoms with Crippen LogP contribution in [0.3, 0.4) is 0 Å². The number of phenolic OH excluding ortho intramolecular Hbond substituents is 1. The summed E-state index contributed by atoms with van der Waals surface area (Å²) in [6.07, 6.45) is 0. The molecule has 1 aromatic carbocycles. The molecule has 1 aromatic heterocycles. The smallest absolute Gasteiger partial charge is 0.427 e. The molecule has 0 fully saturated rings. The van der Waals surface area contributed by atoms with Gasteiger partial charge in [0.05, 0.1) is 0 Å². The highest BCUT2D eigenvalue weighted by atomic mass is 16.6. The van der Waals surface area contributed by atoms with E-state index in [4.69, 9.17) is 4.74 Å². The van der Waals surface area contributed by atoms with Crippen LogP contribution >= 0.6 is 0 Å². The number of benzene rings is 1. The normalized spacial score (nSPS) is 10.3. The number of nitrogens with zero attached hydrogens (tertiary/aromatic N) is 3. The van der Waals surface area contributed by atoms with Gasteiger partial charge in [0.2, 0.25) is 5.82 Å². The number of aromatic hydroxyl groups is 1. The molecule has 0 aliphatic heterocycles. The van der Waals surface area contributed by atoms with Crippen molar-refractivity contribution in [3.8, 4) is 17.4 Å². The van der Waals surface area contributed by atoms with Gasteiger partial charge in [0.15, 0.2) is 0 Å². The van der Waals surface area contributed by atoms with E-state index < -0.39 is 4.92 Å². The number of nitro groups is 1. The minimum Gasteiger partial charge on any atom is -0.508 e. The summed E-state index contributed by atoms with van der Waals surface area (Å²) < 4.78 is 6.88. The number of imidazole rings is 1. The predicted octanol–water partition coefficient (Wildman–Crippen LogP) is 2.13. The first-order valence-electron chi connectivity index (χ1n) is 5.13. The van der Waals surface area contributed by atoms with Gasteiger partial charge in [-0.05, 0) is 22.0 Å². The molecule has 7 nitrogen and oxygen atoms in total. The summed E-state index contributed by atoms with van der Waals surface area (Å²) >= 11 is 0. The second-order valence-electron chi connectivity index (χ2n) is 3.70. The average molecular weight is 249 g/mol. The molecule has 0 spiro atoms. The SMILES string of the molecule is Cc1nc([N+](=O)[O-])c(Oc2cccc(O)c2)n1C. The van der Waals surface area contributed by atoms with Crippen molar-refractivity contribution in [1.29, 1.82) is 0 Å². The number of phenols is 1. The fourth-order valence-corrected chi connectivity index (χ4v) is 1.46. The Hall–Kier alpha value is -2.57. The van der Waals surface area contributed by atoms with Gasteiger partial charge in [-0.1, -0.05) is 6.07 Å². The van der Waals surface area contributed by atoms with Crippen LogP contribution in [0.15, 0.2) is 24.3 Å². The third-order valence-corrected chi connectivity index (χ3v) is 2.45. The summed E-state index contributed by atoms with van der Waals surface area (Å²) in [5.74, 6) is 0.480. The number of rotatable bonds is 3. The first-order valence-corrected chi connectivity index (χ1v) is 5.13. The van der Waals surface area contributed by atoms with Crippen molar-refractivity contribution in [2.24, 2.45) is 7.05 Å². The van der Waals surface area contributed by atoms with E-state index in [2.05, 4.69) is 4.98 Å². The van der Waals surface area contributed by atoms with Gasteiger partial charge in [-0.3, -0.25) is 4.57 Å². The molecule has 18 heavy (non-hydrogen) atoms. The summed E-state index contributed by atoms with van der Waals surface area (Å²) in [6.45, 7) is 1.64. The molecule has 2 aromatic rings. The lowest BCUT2D eigenvalue weighted by Gasteiger charge is -2.05. The van der Waals surface area contributed by atoms with Gasteiger partial charge >= 0.3 is 11.7 Å². The van der Waals surface area contributed by atoms with Crippen LogP contribution in [0.2, 0.25) is 0 Å². The van der Waals surface area contributed by atoms with Gasteiger partial charge < -0.3 is 20.0 Å². The Balaban J connectivity index is 2.42. The maximum atomic E-state index is 10.8. The Bertz CT molecular complexity index is 606. The van der Waals surface area contributed by atoms with Crippen LogP contribution in [-0.4, -0.2) is 19.6 Å². The monoisotopic (exact) mass is 249 g/mol. The number of hydrogen-bond donors (Lipinski definition) is 1. The lowest BCUT2D eigenvalue weighted by atomic mass is 10.3. The number of aryl methyl sites for hydroxylation is 1. The minimum atomic E-state index is -0.606. The molecular formula is C11H11N3O4. The van der Waals surface area contributed by atoms with Crippen molar-refractivity contribution in [3.63, 3.8) is 0 Å². The zero-order valence-electron chi connectivity index (χ0n) is 9.82. The van der Waals surface area contributed by atoms with Gasteiger partial charge in [-0.2, -0.15) is 0 Å². The van der Waals surface area contributed by atoms with Crippen LogP contribution < -0.4 is 4.74 Å². The van der Waals surface area contributed by atoms with Gasteiger partial charge in [-0.25, -0.2) is 0 Å². The van der Waals surface area contributed by atoms with Gasteiger partial charge in [0.1, 0.15) is 11.5 Å². The van der Waals surface area contributed by atoms with Gasteiger partial charge in [0, 0.05) is 20.0 Å². The zero-order valence-corrected chi connectivity index (χ0v) is 9.82. The molecule has 0 amide bonds. The van der Waals surface area contributed by atoms with Crippen molar-refractivity contribution in [2.45, 2.75) is 6.92 Å². The molecule has 0 saturated heterocycles. The molecule has 0 saturated carbocycles. The summed E-state index contributed by atoms with van der Waals surface area (Å²) in [7, 11) is 1.62. The predicted molar refractivity (Wildman–Crippen MR) is 62.8 cm³/mol. The van der Waals surface area contributed by atoms with Gasteiger partial charge in [0.25, 0.3) is 0 Å². The average Bonchev–Trinajstić information content (AvgIpc) is 2.57. The molecule has 0 atom stereocenters. The molecule has 0 aliphatic rings. The van der Waals surface area contributed by atoms with Crippen LogP contribution in [0.5, 0.6) is 17.4 Å². The van der Waals surface area contributed by atoms with E-state index in [1.165, 1.54) is 16.7 Å². The summed E-state index contributed by atoms with van der Waals surface area (Å²) in [5.41, 5.74) is 0. The second kappa shape index (κ2) is 4.36. The quantitative estimate of drug-likeness (QED) is 0.664. The maximum absolute atomic E-state index is 10.8. The standard InChI is InChI=1S/C11H11N3O4/c1-7-12-10(14(16)17)11(13(7)2)18-9-5-3-4-8(15)6-9/h3-6,15H,1-2H3. The topological polar surface area (TPSA) is 90.4 Å². The molecule has 2 rings (SSSR count). The third kappa shape index (κ3) is 2.10. The first-order chi connectivity index (χ1) is 8.49. The van der Waals surface area contributed by atoms with E-state index in [1.807, 2.05) is 0 Å². The molecule has 0 unspecified atom stereocenters. The van der Waals surface area contributed by atoms with E-state index in [9.17, 15) is 15.2 Å². The lowest BCUT2D eigenvalue weighted by Crippen LogP contribution is -1.97. The van der Waals surface area contributed by atoms with E-state index >= 15 is 0 Å². The maximum Gasteiger partial charge on any atom is 0.427 e. The molecule has 0 aliphatic carbocycles. The molecule has 0 radical (unpaired) electrons. The fraction of sp³-hybridized carbons (Fsp3) is 0.182. The minimum absolute atomic E-state index is 0.0223. The molecule has 1 N–H and O–H groups in total. The highest BCUT2D eigenvalue weighted by Crippen LogP contribution is 2.32. The number of hydrogen-bond acceptors (Lipinski definition) is 5. The molecule has 1 heterocycles. The van der Waals surface area contributed by atoms with Crippen LogP contribution in [0.4, 0.5) is 5.82 Å². The van der Waals surface area contributed by atoms with Crippen molar-refractivity contribution < 1.29 is 14.8 Å². The van der Waals surface area contributed by atoms with Crippen LogP contribution in [0, 0.1) is 17.0 Å². The van der Waals surface area contributed by atoms with E-state index in [0.29, 0.717) is 11.6 Å². The summed E-state index contributed by atoms with van der Waals surface area (Å²) in [6, 6.07) is 6.02. The van der Waals surface area contributed by atoms with Gasteiger partial charge in [-0.15, -0.1) is 0 Å². The fourth-order valence-electron chi connectivity index (χ4n) is 1.46. The zero-order chi connectivity index (χ0) is 13.3. The van der Waals surface area contributed by atoms with E-state index in [0.717, 1.165) is 0 Å². The van der Waals surface area contributed by atoms with E-state index in [-0.39, 0.29) is 17.4 Å². The summed E-state index contributed by atoms with van der Waals surface area (Å²) in [5, 5.41) is 20.2. The van der Waals surface area contributed by atoms with Crippen LogP contribution in [-0.2, 0) is 7.05 Å². The number of ether oxygens (including phenoxy) is 1. The van der Waals surface area contributed by atoms with Crippen molar-refractivity contribution in [2.75, 3.05) is 0 Å². The lowest BCUT2D eigenvalue weighted by molar-refractivity contribution is -0.390. The Morgan fingerprint density at radius 1 is 1.50 bits per heavy atom. The second-order valence-corrected chi connectivity index (χ2v) is 3.70. The first kappa shape index (κ1) is 11.9. The van der Waals surface area contributed by atoms with E-state index in [1.54, 1.807) is 26.1 Å². The molecule has 0 bridgehead atoms. The van der Waals surface area contributed by atoms with Crippen molar-refractivity contribution in [3.05, 3.63) is 40.2 Å². The Morgan fingerprint density at radius 2 is 2.22 bits per heavy atom. The third-order valence-electron chi connectivity index (χ3n) is 2.45. The molecule has 94 valence electrons.